The number of epoxide rings is 1. The molecule has 2 rings (SSSR count). The van der Waals surface area contributed by atoms with Gasteiger partial charge in [0.1, 0.15) is 0 Å². The van der Waals surface area contributed by atoms with E-state index >= 15 is 0 Å². The van der Waals surface area contributed by atoms with E-state index in [0.717, 1.165) is 17.4 Å². The van der Waals surface area contributed by atoms with Crippen LogP contribution in [0.3, 0.4) is 0 Å². The van der Waals surface area contributed by atoms with Crippen molar-refractivity contribution in [2.24, 2.45) is 0 Å². The fourth-order valence-electron chi connectivity index (χ4n) is 0.910. The highest BCUT2D eigenvalue weighted by molar-refractivity contribution is 7.99. The van der Waals surface area contributed by atoms with Crippen molar-refractivity contribution in [2.45, 2.75) is 11.0 Å². The van der Waals surface area contributed by atoms with E-state index < -0.39 is 0 Å². The molecule has 1 nitrogen and oxygen atoms in total. The summed E-state index contributed by atoms with van der Waals surface area (Å²) in [6.07, 6.45) is 0.481. The summed E-state index contributed by atoms with van der Waals surface area (Å²) in [5.74, 6) is 1.04. The van der Waals surface area contributed by atoms with Crippen LogP contribution in [0.15, 0.2) is 29.2 Å². The van der Waals surface area contributed by atoms with E-state index in [0.29, 0.717) is 6.10 Å². The van der Waals surface area contributed by atoms with Gasteiger partial charge in [-0.25, -0.2) is 0 Å². The molecule has 1 atom stereocenters. The third kappa shape index (κ3) is 2.41. The number of halogens is 1. The maximum Gasteiger partial charge on any atom is 0.0903 e. The van der Waals surface area contributed by atoms with Crippen molar-refractivity contribution < 1.29 is 4.74 Å². The van der Waals surface area contributed by atoms with Crippen LogP contribution in [0.2, 0.25) is 5.02 Å². The molecule has 1 saturated heterocycles. The van der Waals surface area contributed by atoms with Gasteiger partial charge in [0.2, 0.25) is 0 Å². The van der Waals surface area contributed by atoms with E-state index in [4.69, 9.17) is 16.3 Å². The Labute approximate surface area is 81.1 Å². The fourth-order valence-corrected chi connectivity index (χ4v) is 2.12. The summed E-state index contributed by atoms with van der Waals surface area (Å²) >= 11 is 7.63. The van der Waals surface area contributed by atoms with Crippen LogP contribution in [0.25, 0.3) is 0 Å². The van der Waals surface area contributed by atoms with Gasteiger partial charge in [0.25, 0.3) is 0 Å². The molecule has 0 aromatic heterocycles. The molecule has 1 heterocycles. The largest absolute Gasteiger partial charge is 0.372 e. The van der Waals surface area contributed by atoms with Gasteiger partial charge in [-0.15, -0.1) is 11.8 Å². The van der Waals surface area contributed by atoms with Crippen molar-refractivity contribution in [1.82, 2.24) is 0 Å². The average molecular weight is 201 g/mol. The zero-order chi connectivity index (χ0) is 8.39. The minimum absolute atomic E-state index is 0.481. The number of hydrogen-bond acceptors (Lipinski definition) is 2. The molecular formula is C9H9ClOS. The zero-order valence-electron chi connectivity index (χ0n) is 6.50. The van der Waals surface area contributed by atoms with Crippen molar-refractivity contribution in [3.8, 4) is 0 Å². The standard InChI is InChI=1S/C9H9ClOS/c10-7-2-1-3-9(4-7)12-6-8-5-11-8/h1-4,8H,5-6H2/t8-/m1/s1. The van der Waals surface area contributed by atoms with E-state index in [1.165, 1.54) is 4.90 Å². The SMILES string of the molecule is Clc1cccc(SC[C@H]2CO2)c1. The topological polar surface area (TPSA) is 12.5 Å². The van der Waals surface area contributed by atoms with Gasteiger partial charge in [0.05, 0.1) is 12.7 Å². The second-order valence-electron chi connectivity index (χ2n) is 2.72. The predicted molar refractivity (Wildman–Crippen MR) is 51.9 cm³/mol. The average Bonchev–Trinajstić information content (AvgIpc) is 2.84. The first-order valence-electron chi connectivity index (χ1n) is 3.84. The molecular weight excluding hydrogens is 192 g/mol. The Hall–Kier alpha value is -0.180. The number of benzene rings is 1. The summed E-state index contributed by atoms with van der Waals surface area (Å²) in [6, 6.07) is 7.91. The lowest BCUT2D eigenvalue weighted by Gasteiger charge is -1.98. The van der Waals surface area contributed by atoms with Gasteiger partial charge in [-0.3, -0.25) is 0 Å². The molecule has 0 saturated carbocycles. The molecule has 1 aliphatic heterocycles. The van der Waals surface area contributed by atoms with Crippen LogP contribution in [-0.2, 0) is 4.74 Å². The normalized spacial score (nSPS) is 20.9. The van der Waals surface area contributed by atoms with Crippen LogP contribution in [0.1, 0.15) is 0 Å². The molecule has 0 N–H and O–H groups in total. The predicted octanol–water partition coefficient (Wildman–Crippen LogP) is 2.83. The van der Waals surface area contributed by atoms with Gasteiger partial charge in [-0.1, -0.05) is 17.7 Å². The minimum Gasteiger partial charge on any atom is -0.372 e. The maximum absolute atomic E-state index is 5.83. The molecule has 64 valence electrons. The third-order valence-corrected chi connectivity index (χ3v) is 3.00. The molecule has 1 aliphatic rings. The molecule has 0 amide bonds. The van der Waals surface area contributed by atoms with Crippen LogP contribution in [0, 0.1) is 0 Å². The Kier molecular flexibility index (Phi) is 2.59. The summed E-state index contributed by atoms with van der Waals surface area (Å²) in [5, 5.41) is 0.803. The quantitative estimate of drug-likeness (QED) is 0.550. The number of rotatable bonds is 3. The summed E-state index contributed by atoms with van der Waals surface area (Å²) in [5.41, 5.74) is 0. The molecule has 0 bridgehead atoms. The summed E-state index contributed by atoms with van der Waals surface area (Å²) in [6.45, 7) is 0.924. The molecule has 0 unspecified atom stereocenters. The van der Waals surface area contributed by atoms with E-state index in [2.05, 4.69) is 6.07 Å². The van der Waals surface area contributed by atoms with Crippen LogP contribution in [-0.4, -0.2) is 18.5 Å². The van der Waals surface area contributed by atoms with Gasteiger partial charge in [-0.05, 0) is 18.2 Å². The second-order valence-corrected chi connectivity index (χ2v) is 4.25. The third-order valence-electron chi connectivity index (χ3n) is 1.63. The molecule has 12 heavy (non-hydrogen) atoms. The van der Waals surface area contributed by atoms with Gasteiger partial charge < -0.3 is 4.74 Å². The highest BCUT2D eigenvalue weighted by Gasteiger charge is 2.21. The maximum atomic E-state index is 5.83. The molecule has 0 radical (unpaired) electrons. The Morgan fingerprint density at radius 1 is 1.58 bits per heavy atom. The first-order valence-corrected chi connectivity index (χ1v) is 5.21. The van der Waals surface area contributed by atoms with E-state index in [1.54, 1.807) is 11.8 Å². The van der Waals surface area contributed by atoms with Gasteiger partial charge in [0, 0.05) is 15.7 Å². The van der Waals surface area contributed by atoms with Gasteiger partial charge in [0.15, 0.2) is 0 Å². The zero-order valence-corrected chi connectivity index (χ0v) is 8.07. The Balaban J connectivity index is 1.92. The Bertz CT molecular complexity index is 273. The van der Waals surface area contributed by atoms with E-state index in [1.807, 2.05) is 18.2 Å². The second kappa shape index (κ2) is 3.69. The molecule has 3 heteroatoms. The van der Waals surface area contributed by atoms with Crippen LogP contribution < -0.4 is 0 Å². The van der Waals surface area contributed by atoms with Crippen molar-refractivity contribution in [2.75, 3.05) is 12.4 Å². The van der Waals surface area contributed by atoms with Crippen molar-refractivity contribution in [3.05, 3.63) is 29.3 Å². The Morgan fingerprint density at radius 2 is 2.42 bits per heavy atom. The molecule has 1 fully saturated rings. The summed E-state index contributed by atoms with van der Waals surface area (Å²) in [7, 11) is 0. The number of hydrogen-bond donors (Lipinski definition) is 0. The highest BCUT2D eigenvalue weighted by atomic mass is 35.5. The molecule has 1 aromatic rings. The fraction of sp³-hybridized carbons (Fsp3) is 0.333. The van der Waals surface area contributed by atoms with Crippen LogP contribution in [0.4, 0.5) is 0 Å². The van der Waals surface area contributed by atoms with Crippen LogP contribution >= 0.6 is 23.4 Å². The highest BCUT2D eigenvalue weighted by Crippen LogP contribution is 2.25. The minimum atomic E-state index is 0.481. The molecule has 1 aromatic carbocycles. The summed E-state index contributed by atoms with van der Waals surface area (Å²) < 4.78 is 5.11. The smallest absolute Gasteiger partial charge is 0.0903 e. The van der Waals surface area contributed by atoms with Gasteiger partial charge >= 0.3 is 0 Å². The molecule has 0 aliphatic carbocycles. The van der Waals surface area contributed by atoms with Crippen molar-refractivity contribution in [3.63, 3.8) is 0 Å². The first-order chi connectivity index (χ1) is 5.84. The molecule has 0 spiro atoms. The lowest BCUT2D eigenvalue weighted by atomic mass is 10.4. The van der Waals surface area contributed by atoms with Crippen molar-refractivity contribution >= 4 is 23.4 Å². The van der Waals surface area contributed by atoms with Crippen molar-refractivity contribution in [1.29, 1.82) is 0 Å². The van der Waals surface area contributed by atoms with Crippen LogP contribution in [0.5, 0.6) is 0 Å². The lowest BCUT2D eigenvalue weighted by molar-refractivity contribution is 0.426. The van der Waals surface area contributed by atoms with Gasteiger partial charge in [-0.2, -0.15) is 0 Å². The number of ether oxygens (including phenoxy) is 1. The summed E-state index contributed by atoms with van der Waals surface area (Å²) in [4.78, 5) is 1.22. The first kappa shape index (κ1) is 8.42. The monoisotopic (exact) mass is 200 g/mol. The van der Waals surface area contributed by atoms with E-state index in [-0.39, 0.29) is 0 Å². The Morgan fingerprint density at radius 3 is 3.08 bits per heavy atom. The lowest BCUT2D eigenvalue weighted by Crippen LogP contribution is -1.87. The number of thioether (sulfide) groups is 1. The van der Waals surface area contributed by atoms with E-state index in [9.17, 15) is 0 Å².